The molecule has 0 N–H and O–H groups in total. The highest BCUT2D eigenvalue weighted by Crippen LogP contribution is 2.66. The Morgan fingerprint density at radius 1 is 1.03 bits per heavy atom. The van der Waals surface area contributed by atoms with Gasteiger partial charge in [0.05, 0.1) is 0 Å². The zero-order chi connectivity index (χ0) is 24.1. The summed E-state index contributed by atoms with van der Waals surface area (Å²) in [6.45, 7) is 6.52. The van der Waals surface area contributed by atoms with Crippen LogP contribution in [0.25, 0.3) is 0 Å². The lowest BCUT2D eigenvalue weighted by atomic mass is 9.47. The Bertz CT molecular complexity index is 971. The van der Waals surface area contributed by atoms with Crippen molar-refractivity contribution in [1.29, 1.82) is 0 Å². The van der Waals surface area contributed by atoms with Crippen LogP contribution in [0.2, 0.25) is 0 Å². The lowest BCUT2D eigenvalue weighted by Gasteiger charge is -2.58. The number of allylic oxidation sites excluding steroid dienone is 1. The molecule has 34 heavy (non-hydrogen) atoms. The Balaban J connectivity index is 1.30. The van der Waals surface area contributed by atoms with Gasteiger partial charge in [0, 0.05) is 32.5 Å². The third-order valence-electron chi connectivity index (χ3n) is 10.5. The summed E-state index contributed by atoms with van der Waals surface area (Å²) in [4.78, 5) is 26.6. The monoisotopic (exact) mass is 463 g/mol. The Kier molecular flexibility index (Phi) is 6.14. The number of nitrogens with zero attached hydrogens (tertiary/aromatic N) is 1. The van der Waals surface area contributed by atoms with E-state index in [-0.39, 0.29) is 28.8 Å². The van der Waals surface area contributed by atoms with Crippen LogP contribution in [0, 0.1) is 34.5 Å². The van der Waals surface area contributed by atoms with E-state index in [9.17, 15) is 9.59 Å². The first-order chi connectivity index (χ1) is 16.2. The first-order valence-electron chi connectivity index (χ1n) is 13.4. The number of fused-ring (bicyclic) bond motifs is 5. The predicted molar refractivity (Wildman–Crippen MR) is 135 cm³/mol. The second-order valence-corrected chi connectivity index (χ2v) is 12.0. The molecule has 5 rings (SSSR count). The summed E-state index contributed by atoms with van der Waals surface area (Å²) < 4.78 is 5.59. The Morgan fingerprint density at radius 3 is 2.53 bits per heavy atom. The molecular formula is C30H41NO3. The van der Waals surface area contributed by atoms with Crippen molar-refractivity contribution >= 4 is 17.6 Å². The van der Waals surface area contributed by atoms with E-state index < -0.39 is 0 Å². The van der Waals surface area contributed by atoms with Gasteiger partial charge in [0.15, 0.2) is 0 Å². The van der Waals surface area contributed by atoms with Gasteiger partial charge in [-0.3, -0.25) is 9.59 Å². The highest BCUT2D eigenvalue weighted by molar-refractivity contribution is 5.92. The molecule has 4 nitrogen and oxygen atoms in total. The van der Waals surface area contributed by atoms with E-state index in [1.165, 1.54) is 32.6 Å². The molecule has 7 atom stereocenters. The summed E-state index contributed by atoms with van der Waals surface area (Å²) in [7, 11) is 1.92. The molecule has 0 bridgehead atoms. The Labute approximate surface area is 205 Å². The van der Waals surface area contributed by atoms with Crippen molar-refractivity contribution in [2.24, 2.45) is 34.5 Å². The second-order valence-electron chi connectivity index (χ2n) is 12.0. The van der Waals surface area contributed by atoms with Gasteiger partial charge in [0.1, 0.15) is 6.10 Å². The number of esters is 1. The largest absolute Gasteiger partial charge is 0.462 e. The van der Waals surface area contributed by atoms with E-state index in [4.69, 9.17) is 4.74 Å². The van der Waals surface area contributed by atoms with Crippen molar-refractivity contribution in [3.05, 3.63) is 42.0 Å². The van der Waals surface area contributed by atoms with E-state index in [0.717, 1.165) is 43.2 Å². The van der Waals surface area contributed by atoms with Crippen molar-refractivity contribution in [3.63, 3.8) is 0 Å². The van der Waals surface area contributed by atoms with Gasteiger partial charge < -0.3 is 9.64 Å². The Morgan fingerprint density at radius 2 is 1.79 bits per heavy atom. The maximum atomic E-state index is 13.2. The van der Waals surface area contributed by atoms with E-state index in [1.807, 2.05) is 42.3 Å². The van der Waals surface area contributed by atoms with Gasteiger partial charge in [-0.25, -0.2) is 0 Å². The second kappa shape index (κ2) is 8.84. The summed E-state index contributed by atoms with van der Waals surface area (Å²) in [6.07, 6.45) is 12.4. The number of para-hydroxylation sites is 1. The van der Waals surface area contributed by atoms with Crippen LogP contribution in [-0.4, -0.2) is 25.0 Å². The number of hydrogen-bond donors (Lipinski definition) is 0. The van der Waals surface area contributed by atoms with Crippen molar-refractivity contribution < 1.29 is 14.3 Å². The number of ether oxygens (including phenoxy) is 1. The minimum atomic E-state index is -0.152. The Hall–Kier alpha value is -2.10. The fraction of sp³-hybridized carbons (Fsp3) is 0.667. The molecule has 1 aromatic rings. The summed E-state index contributed by atoms with van der Waals surface area (Å²) in [5.41, 5.74) is 3.05. The smallest absolute Gasteiger partial charge is 0.302 e. The highest BCUT2D eigenvalue weighted by atomic mass is 16.5. The lowest BCUT2D eigenvalue weighted by molar-refractivity contribution is -0.148. The van der Waals surface area contributed by atoms with Crippen LogP contribution in [0.4, 0.5) is 5.69 Å². The van der Waals surface area contributed by atoms with Crippen LogP contribution in [0.1, 0.15) is 78.6 Å². The molecular weight excluding hydrogens is 422 g/mol. The molecule has 0 aromatic heterocycles. The zero-order valence-electron chi connectivity index (χ0n) is 21.4. The zero-order valence-corrected chi connectivity index (χ0v) is 21.4. The topological polar surface area (TPSA) is 46.6 Å². The van der Waals surface area contributed by atoms with Crippen LogP contribution in [0.5, 0.6) is 0 Å². The average molecular weight is 464 g/mol. The SMILES string of the molecule is CC(=O)O[C@@H]1CC[C@]2(C)C(=CC[C@@H]3[C@H]2CC[C@@]2(C)[C@@H](CC(=O)N(C)c4ccccc4)CC[C@@H]32)C1. The minimum Gasteiger partial charge on any atom is -0.462 e. The van der Waals surface area contributed by atoms with Crippen molar-refractivity contribution in [2.45, 2.75) is 84.7 Å². The van der Waals surface area contributed by atoms with E-state index in [0.29, 0.717) is 18.3 Å². The van der Waals surface area contributed by atoms with Gasteiger partial charge in [-0.2, -0.15) is 0 Å². The first-order valence-corrected chi connectivity index (χ1v) is 13.4. The van der Waals surface area contributed by atoms with Crippen molar-refractivity contribution in [1.82, 2.24) is 0 Å². The number of hydrogen-bond acceptors (Lipinski definition) is 3. The van der Waals surface area contributed by atoms with Gasteiger partial charge in [0.2, 0.25) is 5.91 Å². The summed E-state index contributed by atoms with van der Waals surface area (Å²) in [6, 6.07) is 10.0. The number of carbonyl (C=O) groups is 2. The van der Waals surface area contributed by atoms with Crippen LogP contribution in [0.15, 0.2) is 42.0 Å². The van der Waals surface area contributed by atoms with Gasteiger partial charge in [-0.1, -0.05) is 43.7 Å². The van der Waals surface area contributed by atoms with Gasteiger partial charge >= 0.3 is 5.97 Å². The molecule has 0 saturated heterocycles. The van der Waals surface area contributed by atoms with E-state index >= 15 is 0 Å². The normalized spacial score (nSPS) is 38.7. The summed E-state index contributed by atoms with van der Waals surface area (Å²) in [5.74, 6) is 2.75. The fourth-order valence-electron chi connectivity index (χ4n) is 8.55. The standard InChI is InChI=1S/C30H41NO3/c1-20(32)34-24-14-16-29(2)21(18-24)10-12-25-26-13-11-22(30(26,3)17-15-27(25)29)19-28(33)31(4)23-8-6-5-7-9-23/h5-10,22,24-27H,11-19H2,1-4H3/t22-,24-,25+,26+,27-,29-,30+/m1/s1. The molecule has 4 aliphatic carbocycles. The van der Waals surface area contributed by atoms with Gasteiger partial charge in [0.25, 0.3) is 0 Å². The minimum absolute atomic E-state index is 0.0608. The summed E-state index contributed by atoms with van der Waals surface area (Å²) in [5, 5.41) is 0. The fourth-order valence-corrected chi connectivity index (χ4v) is 8.55. The molecule has 0 spiro atoms. The maximum absolute atomic E-state index is 13.2. The third-order valence-corrected chi connectivity index (χ3v) is 10.5. The molecule has 0 unspecified atom stereocenters. The number of rotatable bonds is 4. The van der Waals surface area contributed by atoms with Crippen LogP contribution >= 0.6 is 0 Å². The van der Waals surface area contributed by atoms with Crippen molar-refractivity contribution in [3.8, 4) is 0 Å². The molecule has 3 saturated carbocycles. The molecule has 0 radical (unpaired) electrons. The molecule has 0 heterocycles. The molecule has 3 fully saturated rings. The average Bonchev–Trinajstić information content (AvgIpc) is 3.15. The number of amides is 1. The van der Waals surface area contributed by atoms with Gasteiger partial charge in [-0.05, 0) is 91.6 Å². The number of carbonyl (C=O) groups excluding carboxylic acids is 2. The van der Waals surface area contributed by atoms with Crippen LogP contribution < -0.4 is 4.90 Å². The van der Waals surface area contributed by atoms with Crippen LogP contribution in [0.3, 0.4) is 0 Å². The van der Waals surface area contributed by atoms with Crippen molar-refractivity contribution in [2.75, 3.05) is 11.9 Å². The molecule has 0 aliphatic heterocycles. The molecule has 4 aliphatic rings. The molecule has 4 heteroatoms. The number of anilines is 1. The molecule has 184 valence electrons. The van der Waals surface area contributed by atoms with E-state index in [2.05, 4.69) is 19.9 Å². The summed E-state index contributed by atoms with van der Waals surface area (Å²) >= 11 is 0. The first kappa shape index (κ1) is 23.6. The number of benzene rings is 1. The third kappa shape index (κ3) is 3.91. The predicted octanol–water partition coefficient (Wildman–Crippen LogP) is 6.55. The molecule has 1 aromatic carbocycles. The maximum Gasteiger partial charge on any atom is 0.302 e. The molecule has 1 amide bonds. The lowest BCUT2D eigenvalue weighted by Crippen LogP contribution is -2.50. The van der Waals surface area contributed by atoms with Gasteiger partial charge in [-0.15, -0.1) is 0 Å². The van der Waals surface area contributed by atoms with E-state index in [1.54, 1.807) is 5.57 Å². The van der Waals surface area contributed by atoms with Crippen LogP contribution in [-0.2, 0) is 14.3 Å². The quantitative estimate of drug-likeness (QED) is 0.376. The highest BCUT2D eigenvalue weighted by Gasteiger charge is 2.58.